The van der Waals surface area contributed by atoms with E-state index in [0.717, 1.165) is 23.4 Å². The third-order valence-corrected chi connectivity index (χ3v) is 5.62. The van der Waals surface area contributed by atoms with Gasteiger partial charge in [-0.05, 0) is 43.4 Å². The van der Waals surface area contributed by atoms with Crippen LogP contribution in [0.2, 0.25) is 0 Å². The van der Waals surface area contributed by atoms with Crippen molar-refractivity contribution >= 4 is 17.0 Å². The molecule has 34 heavy (non-hydrogen) atoms. The van der Waals surface area contributed by atoms with Crippen LogP contribution in [0.15, 0.2) is 59.0 Å². The molecular weight excluding hydrogens is 432 g/mol. The Hall–Kier alpha value is -3.81. The van der Waals surface area contributed by atoms with Crippen molar-refractivity contribution in [2.45, 2.75) is 39.3 Å². The number of hydrogen-bond acceptors (Lipinski definition) is 6. The Kier molecular flexibility index (Phi) is 6.20. The third kappa shape index (κ3) is 5.39. The second-order valence-corrected chi connectivity index (χ2v) is 8.83. The van der Waals surface area contributed by atoms with Gasteiger partial charge in [-0.25, -0.2) is 4.98 Å². The number of oxazole rings is 1. The molecule has 8 heteroatoms. The van der Waals surface area contributed by atoms with E-state index in [2.05, 4.69) is 10.4 Å². The van der Waals surface area contributed by atoms with Gasteiger partial charge in [0.25, 0.3) is 0 Å². The van der Waals surface area contributed by atoms with E-state index in [1.54, 1.807) is 0 Å². The Balaban J connectivity index is 1.41. The molecule has 4 aromatic rings. The summed E-state index contributed by atoms with van der Waals surface area (Å²) in [4.78, 5) is 16.0. The monoisotopic (exact) mass is 460 g/mol. The Bertz CT molecular complexity index is 1280. The highest BCUT2D eigenvalue weighted by molar-refractivity contribution is 5.77. The van der Waals surface area contributed by atoms with E-state index in [9.17, 15) is 4.79 Å². The summed E-state index contributed by atoms with van der Waals surface area (Å²) in [5, 5.41) is 7.44. The summed E-state index contributed by atoms with van der Waals surface area (Å²) >= 11 is 0. The zero-order valence-electron chi connectivity index (χ0n) is 19.4. The van der Waals surface area contributed by atoms with Gasteiger partial charge in [0.05, 0.1) is 19.2 Å². The normalized spacial score (nSPS) is 14.2. The third-order valence-electron chi connectivity index (χ3n) is 5.62. The van der Waals surface area contributed by atoms with Crippen LogP contribution in [0.4, 0.5) is 0 Å². The van der Waals surface area contributed by atoms with Crippen LogP contribution < -0.4 is 14.8 Å². The Labute approximate surface area is 197 Å². The lowest BCUT2D eigenvalue weighted by Gasteiger charge is -2.12. The van der Waals surface area contributed by atoms with E-state index in [4.69, 9.17) is 18.9 Å². The first kappa shape index (κ1) is 22.0. The lowest BCUT2D eigenvalue weighted by molar-refractivity contribution is -0.119. The van der Waals surface area contributed by atoms with Crippen molar-refractivity contribution in [1.82, 2.24) is 20.1 Å². The van der Waals surface area contributed by atoms with Gasteiger partial charge in [-0.3, -0.25) is 9.48 Å². The van der Waals surface area contributed by atoms with Gasteiger partial charge in [0, 0.05) is 19.1 Å². The van der Waals surface area contributed by atoms with Gasteiger partial charge in [-0.15, -0.1) is 5.10 Å². The van der Waals surface area contributed by atoms with Crippen LogP contribution in [-0.4, -0.2) is 39.9 Å². The summed E-state index contributed by atoms with van der Waals surface area (Å²) in [6, 6.07) is 17.4. The van der Waals surface area contributed by atoms with Gasteiger partial charge in [0.2, 0.25) is 17.7 Å². The molecule has 1 aliphatic carbocycles. The summed E-state index contributed by atoms with van der Waals surface area (Å²) < 4.78 is 19.7. The largest absolute Gasteiger partial charge is 0.493 e. The number of rotatable bonds is 10. The zero-order chi connectivity index (χ0) is 23.5. The number of carbonyl (C=O) groups is 1. The molecule has 1 N–H and O–H groups in total. The van der Waals surface area contributed by atoms with Crippen molar-refractivity contribution in [3.63, 3.8) is 0 Å². The van der Waals surface area contributed by atoms with E-state index in [1.807, 2.05) is 66.2 Å². The molecular formula is C26H28N4O4. The van der Waals surface area contributed by atoms with Crippen molar-refractivity contribution in [3.05, 3.63) is 60.2 Å². The molecule has 2 aromatic heterocycles. The minimum absolute atomic E-state index is 0.0987. The van der Waals surface area contributed by atoms with E-state index in [0.29, 0.717) is 42.1 Å². The van der Waals surface area contributed by atoms with E-state index >= 15 is 0 Å². The minimum Gasteiger partial charge on any atom is -0.493 e. The van der Waals surface area contributed by atoms with Gasteiger partial charge >= 0.3 is 0 Å². The molecule has 0 radical (unpaired) electrons. The van der Waals surface area contributed by atoms with Crippen molar-refractivity contribution < 1.29 is 18.7 Å². The number of amides is 1. The summed E-state index contributed by atoms with van der Waals surface area (Å²) in [5.41, 5.74) is 3.22. The fourth-order valence-electron chi connectivity index (χ4n) is 3.72. The number of carbonyl (C=O) groups excluding carboxylic acids is 1. The molecule has 2 aromatic carbocycles. The number of nitrogens with one attached hydrogen (secondary N) is 1. The molecule has 0 saturated heterocycles. The maximum absolute atomic E-state index is 11.3. The summed E-state index contributed by atoms with van der Waals surface area (Å²) in [5.74, 6) is 2.29. The summed E-state index contributed by atoms with van der Waals surface area (Å²) in [6.45, 7) is 4.95. The highest BCUT2D eigenvalue weighted by Gasteiger charge is 2.22. The van der Waals surface area contributed by atoms with Crippen LogP contribution in [0, 0.1) is 5.92 Å². The predicted octanol–water partition coefficient (Wildman–Crippen LogP) is 4.43. The van der Waals surface area contributed by atoms with Crippen molar-refractivity contribution in [2.24, 2.45) is 5.92 Å². The lowest BCUT2D eigenvalue weighted by Crippen LogP contribution is -2.35. The van der Waals surface area contributed by atoms with E-state index in [-0.39, 0.29) is 11.9 Å². The molecule has 5 rings (SSSR count). The standard InChI is InChI=1S/C26H28N4O4/c1-17(27-18(2)31)15-33-25-13-23(30(29-25)14-19-6-4-3-5-7-19)26-28-22-12-21(10-11-24(22)34-26)32-16-20-8-9-20/h3-7,10-13,17,20H,8-9,14-16H2,1-2H3,(H,27,31)/t17-/m0/s1. The van der Waals surface area contributed by atoms with Crippen molar-refractivity contribution in [1.29, 1.82) is 0 Å². The molecule has 0 spiro atoms. The molecule has 0 unspecified atom stereocenters. The fourth-order valence-corrected chi connectivity index (χ4v) is 3.72. The molecule has 1 aliphatic rings. The van der Waals surface area contributed by atoms with E-state index in [1.165, 1.54) is 19.8 Å². The number of fused-ring (bicyclic) bond motifs is 1. The first-order chi connectivity index (χ1) is 16.5. The molecule has 1 fully saturated rings. The van der Waals surface area contributed by atoms with Gasteiger partial charge < -0.3 is 19.2 Å². The highest BCUT2D eigenvalue weighted by Crippen LogP contribution is 2.32. The number of nitrogens with zero attached hydrogens (tertiary/aromatic N) is 3. The van der Waals surface area contributed by atoms with Gasteiger partial charge in [0.1, 0.15) is 23.6 Å². The van der Waals surface area contributed by atoms with Crippen molar-refractivity contribution in [2.75, 3.05) is 13.2 Å². The molecule has 1 atom stereocenters. The Morgan fingerprint density at radius 2 is 2.00 bits per heavy atom. The quantitative estimate of drug-likeness (QED) is 0.376. The maximum atomic E-state index is 11.3. The zero-order valence-corrected chi connectivity index (χ0v) is 19.4. The second kappa shape index (κ2) is 9.59. The first-order valence-corrected chi connectivity index (χ1v) is 11.6. The highest BCUT2D eigenvalue weighted by atomic mass is 16.5. The van der Waals surface area contributed by atoms with Crippen LogP contribution >= 0.6 is 0 Å². The summed E-state index contributed by atoms with van der Waals surface area (Å²) in [7, 11) is 0. The van der Waals surface area contributed by atoms with Gasteiger partial charge in [0.15, 0.2) is 5.58 Å². The SMILES string of the molecule is CC(=O)N[C@@H](C)COc1cc(-c2nc3cc(OCC4CC4)ccc3o2)n(Cc2ccccc2)n1. The minimum atomic E-state index is -0.140. The van der Waals surface area contributed by atoms with Gasteiger partial charge in [-0.1, -0.05) is 30.3 Å². The smallest absolute Gasteiger partial charge is 0.246 e. The number of benzene rings is 2. The van der Waals surface area contributed by atoms with Gasteiger partial charge in [-0.2, -0.15) is 0 Å². The molecule has 1 amide bonds. The first-order valence-electron chi connectivity index (χ1n) is 11.6. The summed E-state index contributed by atoms with van der Waals surface area (Å²) in [6.07, 6.45) is 2.49. The van der Waals surface area contributed by atoms with Crippen molar-refractivity contribution in [3.8, 4) is 23.2 Å². The predicted molar refractivity (Wildman–Crippen MR) is 128 cm³/mol. The molecule has 8 nitrogen and oxygen atoms in total. The fraction of sp³-hybridized carbons (Fsp3) is 0.346. The van der Waals surface area contributed by atoms with Crippen LogP contribution in [-0.2, 0) is 11.3 Å². The maximum Gasteiger partial charge on any atom is 0.246 e. The number of hydrogen-bond donors (Lipinski definition) is 1. The van der Waals surface area contributed by atoms with Crippen LogP contribution in [0.1, 0.15) is 32.3 Å². The number of ether oxygens (including phenoxy) is 2. The molecule has 1 saturated carbocycles. The molecule has 0 bridgehead atoms. The van der Waals surface area contributed by atoms with E-state index < -0.39 is 0 Å². The van der Waals surface area contributed by atoms with Crippen LogP contribution in [0.25, 0.3) is 22.7 Å². The van der Waals surface area contributed by atoms with Crippen LogP contribution in [0.3, 0.4) is 0 Å². The van der Waals surface area contributed by atoms with Crippen LogP contribution in [0.5, 0.6) is 11.6 Å². The molecule has 176 valence electrons. The number of aromatic nitrogens is 3. The average molecular weight is 461 g/mol. The molecule has 0 aliphatic heterocycles. The molecule has 2 heterocycles. The second-order valence-electron chi connectivity index (χ2n) is 8.83. The average Bonchev–Trinajstić information content (AvgIpc) is 3.42. The topological polar surface area (TPSA) is 91.4 Å². The Morgan fingerprint density at radius 3 is 2.76 bits per heavy atom. The Morgan fingerprint density at radius 1 is 1.18 bits per heavy atom. The lowest BCUT2D eigenvalue weighted by atomic mass is 10.2.